The van der Waals surface area contributed by atoms with Crippen LogP contribution in [-0.4, -0.2) is 52.5 Å². The molecule has 3 heterocycles. The number of anilines is 1. The summed E-state index contributed by atoms with van der Waals surface area (Å²) in [7, 11) is 0. The van der Waals surface area contributed by atoms with E-state index >= 15 is 0 Å². The van der Waals surface area contributed by atoms with Crippen LogP contribution in [0.25, 0.3) is 11.2 Å². The number of fused-ring (bicyclic) bond motifs is 1. The van der Waals surface area contributed by atoms with Crippen molar-refractivity contribution in [2.75, 3.05) is 31.2 Å². The van der Waals surface area contributed by atoms with Crippen molar-refractivity contribution in [2.24, 2.45) is 0 Å². The molecule has 0 spiro atoms. The van der Waals surface area contributed by atoms with Gasteiger partial charge in [0.25, 0.3) is 0 Å². The van der Waals surface area contributed by atoms with Crippen LogP contribution in [0.15, 0.2) is 24.5 Å². The first-order chi connectivity index (χ1) is 8.86. The first-order valence-electron chi connectivity index (χ1n) is 5.92. The molecule has 1 aliphatic rings. The second kappa shape index (κ2) is 4.83. The summed E-state index contributed by atoms with van der Waals surface area (Å²) in [5.74, 6) is 0.852. The highest BCUT2D eigenvalue weighted by Gasteiger charge is 2.20. The van der Waals surface area contributed by atoms with Crippen LogP contribution < -0.4 is 4.90 Å². The van der Waals surface area contributed by atoms with Gasteiger partial charge in [-0.05, 0) is 12.1 Å². The normalized spacial score (nSPS) is 20.3. The Hall–Kier alpha value is -1.79. The topological polar surface area (TPSA) is 71.4 Å². The molecule has 1 N–H and O–H groups in total. The predicted octanol–water partition coefficient (Wildman–Crippen LogP) is 0.222. The first-order valence-corrected chi connectivity index (χ1v) is 5.92. The molecule has 3 rings (SSSR count). The SMILES string of the molecule is OCC1CN(c2ccc3nccnc3n2)CCO1. The maximum Gasteiger partial charge on any atom is 0.180 e. The summed E-state index contributed by atoms with van der Waals surface area (Å²) >= 11 is 0. The minimum atomic E-state index is -0.141. The van der Waals surface area contributed by atoms with Crippen molar-refractivity contribution in [3.05, 3.63) is 24.5 Å². The van der Waals surface area contributed by atoms with Gasteiger partial charge in [-0.3, -0.25) is 4.98 Å². The standard InChI is InChI=1S/C12H14N4O2/c17-8-9-7-16(5-6-18-9)11-2-1-10-12(15-11)14-4-3-13-10/h1-4,9,17H,5-8H2. The zero-order valence-corrected chi connectivity index (χ0v) is 9.86. The van der Waals surface area contributed by atoms with E-state index in [9.17, 15) is 0 Å². The molecule has 0 amide bonds. The lowest BCUT2D eigenvalue weighted by molar-refractivity contribution is 0.00337. The Labute approximate surface area is 104 Å². The molecule has 1 saturated heterocycles. The number of aromatic nitrogens is 3. The lowest BCUT2D eigenvalue weighted by atomic mass is 10.2. The van der Waals surface area contributed by atoms with Gasteiger partial charge in [-0.25, -0.2) is 9.97 Å². The lowest BCUT2D eigenvalue weighted by Crippen LogP contribution is -2.44. The maximum absolute atomic E-state index is 9.13. The minimum absolute atomic E-state index is 0.0316. The molecular formula is C12H14N4O2. The molecule has 6 nitrogen and oxygen atoms in total. The Kier molecular flexibility index (Phi) is 3.04. The highest BCUT2D eigenvalue weighted by atomic mass is 16.5. The van der Waals surface area contributed by atoms with Crippen molar-refractivity contribution in [3.8, 4) is 0 Å². The van der Waals surface area contributed by atoms with Crippen molar-refractivity contribution >= 4 is 17.0 Å². The van der Waals surface area contributed by atoms with Gasteiger partial charge in [0.1, 0.15) is 11.3 Å². The van der Waals surface area contributed by atoms with Gasteiger partial charge in [0.15, 0.2) is 5.65 Å². The number of rotatable bonds is 2. The van der Waals surface area contributed by atoms with Crippen molar-refractivity contribution < 1.29 is 9.84 Å². The zero-order chi connectivity index (χ0) is 12.4. The summed E-state index contributed by atoms with van der Waals surface area (Å²) < 4.78 is 5.42. The fraction of sp³-hybridized carbons (Fsp3) is 0.417. The van der Waals surface area contributed by atoms with Gasteiger partial charge in [0, 0.05) is 25.5 Å². The minimum Gasteiger partial charge on any atom is -0.394 e. The van der Waals surface area contributed by atoms with E-state index in [0.29, 0.717) is 18.8 Å². The van der Waals surface area contributed by atoms with Crippen LogP contribution >= 0.6 is 0 Å². The Balaban J connectivity index is 1.89. The predicted molar refractivity (Wildman–Crippen MR) is 66.4 cm³/mol. The van der Waals surface area contributed by atoms with E-state index in [1.165, 1.54) is 0 Å². The van der Waals surface area contributed by atoms with Crippen LogP contribution in [-0.2, 0) is 4.74 Å². The van der Waals surface area contributed by atoms with E-state index in [1.807, 2.05) is 12.1 Å². The molecule has 0 radical (unpaired) electrons. The second-order valence-electron chi connectivity index (χ2n) is 4.19. The molecule has 0 saturated carbocycles. The van der Waals surface area contributed by atoms with Gasteiger partial charge in [-0.15, -0.1) is 0 Å². The van der Waals surface area contributed by atoms with Crippen LogP contribution in [0.5, 0.6) is 0 Å². The van der Waals surface area contributed by atoms with E-state index < -0.39 is 0 Å². The number of ether oxygens (including phenoxy) is 1. The number of hydrogen-bond donors (Lipinski definition) is 1. The van der Waals surface area contributed by atoms with Gasteiger partial charge in [-0.2, -0.15) is 0 Å². The highest BCUT2D eigenvalue weighted by molar-refractivity contribution is 5.71. The van der Waals surface area contributed by atoms with Gasteiger partial charge < -0.3 is 14.7 Å². The molecule has 0 aromatic carbocycles. The Morgan fingerprint density at radius 1 is 1.33 bits per heavy atom. The third-order valence-electron chi connectivity index (χ3n) is 2.98. The molecule has 2 aromatic heterocycles. The van der Waals surface area contributed by atoms with Gasteiger partial charge in [0.05, 0.1) is 19.3 Å². The van der Waals surface area contributed by atoms with E-state index in [-0.39, 0.29) is 12.7 Å². The zero-order valence-electron chi connectivity index (χ0n) is 9.86. The molecule has 1 atom stereocenters. The van der Waals surface area contributed by atoms with E-state index in [4.69, 9.17) is 9.84 Å². The molecule has 2 aromatic rings. The average Bonchev–Trinajstić information content (AvgIpc) is 2.47. The number of pyridine rings is 1. The highest BCUT2D eigenvalue weighted by Crippen LogP contribution is 2.17. The van der Waals surface area contributed by atoms with Crippen molar-refractivity contribution in [1.29, 1.82) is 0 Å². The fourth-order valence-electron chi connectivity index (χ4n) is 2.06. The smallest absolute Gasteiger partial charge is 0.180 e. The van der Waals surface area contributed by atoms with Crippen LogP contribution in [0.2, 0.25) is 0 Å². The monoisotopic (exact) mass is 246 g/mol. The van der Waals surface area contributed by atoms with Gasteiger partial charge in [-0.1, -0.05) is 0 Å². The third-order valence-corrected chi connectivity index (χ3v) is 2.98. The lowest BCUT2D eigenvalue weighted by Gasteiger charge is -2.32. The summed E-state index contributed by atoms with van der Waals surface area (Å²) in [5, 5.41) is 9.13. The summed E-state index contributed by atoms with van der Waals surface area (Å²) in [4.78, 5) is 15.0. The number of hydrogen-bond acceptors (Lipinski definition) is 6. The van der Waals surface area contributed by atoms with Crippen molar-refractivity contribution in [3.63, 3.8) is 0 Å². The second-order valence-corrected chi connectivity index (χ2v) is 4.19. The van der Waals surface area contributed by atoms with Crippen LogP contribution in [0.1, 0.15) is 0 Å². The number of morpholine rings is 1. The van der Waals surface area contributed by atoms with Gasteiger partial charge >= 0.3 is 0 Å². The summed E-state index contributed by atoms with van der Waals surface area (Å²) in [6, 6.07) is 3.84. The maximum atomic E-state index is 9.13. The molecular weight excluding hydrogens is 232 g/mol. The Morgan fingerprint density at radius 2 is 2.22 bits per heavy atom. The quantitative estimate of drug-likeness (QED) is 0.817. The molecule has 18 heavy (non-hydrogen) atoms. The van der Waals surface area contributed by atoms with Crippen LogP contribution in [0, 0.1) is 0 Å². The summed E-state index contributed by atoms with van der Waals surface area (Å²) in [5.41, 5.74) is 1.43. The van der Waals surface area contributed by atoms with Crippen molar-refractivity contribution in [1.82, 2.24) is 15.0 Å². The molecule has 94 valence electrons. The molecule has 1 aliphatic heterocycles. The average molecular weight is 246 g/mol. The van der Waals surface area contributed by atoms with Crippen LogP contribution in [0.4, 0.5) is 5.82 Å². The number of aliphatic hydroxyl groups is 1. The molecule has 1 unspecified atom stereocenters. The Bertz CT molecular complexity index is 548. The van der Waals surface area contributed by atoms with E-state index in [1.54, 1.807) is 12.4 Å². The summed E-state index contributed by atoms with van der Waals surface area (Å²) in [6.07, 6.45) is 3.15. The van der Waals surface area contributed by atoms with Crippen LogP contribution in [0.3, 0.4) is 0 Å². The molecule has 1 fully saturated rings. The van der Waals surface area contributed by atoms with E-state index in [0.717, 1.165) is 17.9 Å². The Morgan fingerprint density at radius 3 is 3.11 bits per heavy atom. The molecule has 0 bridgehead atoms. The number of nitrogens with zero attached hydrogens (tertiary/aromatic N) is 4. The third kappa shape index (κ3) is 2.12. The summed E-state index contributed by atoms with van der Waals surface area (Å²) in [6.45, 7) is 2.06. The first kappa shape index (κ1) is 11.3. The van der Waals surface area contributed by atoms with Gasteiger partial charge in [0.2, 0.25) is 0 Å². The fourth-order valence-corrected chi connectivity index (χ4v) is 2.06. The van der Waals surface area contributed by atoms with Crippen molar-refractivity contribution in [2.45, 2.75) is 6.10 Å². The largest absolute Gasteiger partial charge is 0.394 e. The molecule has 6 heteroatoms. The van der Waals surface area contributed by atoms with E-state index in [2.05, 4.69) is 19.9 Å². The number of aliphatic hydroxyl groups excluding tert-OH is 1. The molecule has 0 aliphatic carbocycles.